The van der Waals surface area contributed by atoms with Crippen LogP contribution in [0.3, 0.4) is 0 Å². The number of anilines is 1. The van der Waals surface area contributed by atoms with Crippen molar-refractivity contribution in [2.45, 2.75) is 0 Å². The number of fused-ring (bicyclic) bond motifs is 6. The van der Waals surface area contributed by atoms with Crippen LogP contribution in [0.1, 0.15) is 0 Å². The second-order valence-electron chi connectivity index (χ2n) is 4.32. The summed E-state index contributed by atoms with van der Waals surface area (Å²) in [5.41, 5.74) is 6.90. The Morgan fingerprint density at radius 3 is 2.06 bits per heavy atom. The maximum Gasteiger partial charge on any atom is 0.181 e. The molecule has 0 bridgehead atoms. The number of thiazole rings is 1. The van der Waals surface area contributed by atoms with E-state index >= 15 is 0 Å². The second kappa shape index (κ2) is 3.43. The summed E-state index contributed by atoms with van der Waals surface area (Å²) < 4.78 is 1.18. The molecule has 0 fully saturated rings. The van der Waals surface area contributed by atoms with Crippen molar-refractivity contribution in [3.8, 4) is 0 Å². The first-order valence-electron chi connectivity index (χ1n) is 5.80. The number of benzene rings is 3. The molecule has 0 spiro atoms. The molecule has 18 heavy (non-hydrogen) atoms. The highest BCUT2D eigenvalue weighted by Crippen LogP contribution is 2.38. The van der Waals surface area contributed by atoms with Crippen molar-refractivity contribution < 1.29 is 0 Å². The van der Waals surface area contributed by atoms with Crippen molar-refractivity contribution in [1.82, 2.24) is 4.98 Å². The topological polar surface area (TPSA) is 38.9 Å². The van der Waals surface area contributed by atoms with Gasteiger partial charge in [-0.3, -0.25) is 0 Å². The van der Waals surface area contributed by atoms with E-state index in [1.54, 1.807) is 11.3 Å². The number of nitrogens with zero attached hydrogens (tertiary/aromatic N) is 1. The summed E-state index contributed by atoms with van der Waals surface area (Å²) in [6.07, 6.45) is 0. The molecule has 0 saturated carbocycles. The Morgan fingerprint density at radius 2 is 1.33 bits per heavy atom. The lowest BCUT2D eigenvalue weighted by Crippen LogP contribution is -1.82. The maximum absolute atomic E-state index is 5.88. The average molecular weight is 250 g/mol. The molecule has 0 atom stereocenters. The zero-order valence-electron chi connectivity index (χ0n) is 9.55. The Hall–Kier alpha value is -2.13. The molecule has 4 rings (SSSR count). The predicted molar refractivity (Wildman–Crippen MR) is 79.0 cm³/mol. The summed E-state index contributed by atoms with van der Waals surface area (Å²) in [5, 5.41) is 5.56. The fourth-order valence-corrected chi connectivity index (χ4v) is 3.43. The molecule has 0 amide bonds. The molecule has 3 heteroatoms. The molecule has 0 aliphatic carbocycles. The van der Waals surface area contributed by atoms with Crippen molar-refractivity contribution in [3.63, 3.8) is 0 Å². The van der Waals surface area contributed by atoms with Crippen LogP contribution >= 0.6 is 11.3 Å². The van der Waals surface area contributed by atoms with E-state index in [-0.39, 0.29) is 0 Å². The number of hydrogen-bond acceptors (Lipinski definition) is 3. The van der Waals surface area contributed by atoms with Crippen molar-refractivity contribution in [2.75, 3.05) is 5.73 Å². The molecule has 0 aliphatic rings. The van der Waals surface area contributed by atoms with E-state index in [4.69, 9.17) is 5.73 Å². The van der Waals surface area contributed by atoms with Gasteiger partial charge in [0.1, 0.15) is 0 Å². The summed E-state index contributed by atoms with van der Waals surface area (Å²) in [6, 6.07) is 16.8. The first-order valence-corrected chi connectivity index (χ1v) is 6.62. The highest BCUT2D eigenvalue weighted by molar-refractivity contribution is 7.23. The number of nitrogens with two attached hydrogens (primary N) is 1. The van der Waals surface area contributed by atoms with Gasteiger partial charge in [0.25, 0.3) is 0 Å². The Bertz CT molecular complexity index is 820. The Labute approximate surface area is 108 Å². The molecule has 2 N–H and O–H groups in total. The van der Waals surface area contributed by atoms with Crippen molar-refractivity contribution in [2.24, 2.45) is 0 Å². The number of aromatic nitrogens is 1. The molecule has 86 valence electrons. The minimum atomic E-state index is 0.631. The smallest absolute Gasteiger partial charge is 0.181 e. The lowest BCUT2D eigenvalue weighted by atomic mass is 10.0. The second-order valence-corrected chi connectivity index (χ2v) is 5.35. The van der Waals surface area contributed by atoms with E-state index in [9.17, 15) is 0 Å². The molecule has 0 saturated heterocycles. The van der Waals surface area contributed by atoms with Crippen LogP contribution in [-0.4, -0.2) is 4.98 Å². The van der Waals surface area contributed by atoms with Crippen LogP contribution in [0.15, 0.2) is 48.5 Å². The van der Waals surface area contributed by atoms with Crippen LogP contribution < -0.4 is 5.73 Å². The molecule has 4 aromatic rings. The molecule has 1 aromatic heterocycles. The van der Waals surface area contributed by atoms with Gasteiger partial charge in [-0.2, -0.15) is 0 Å². The van der Waals surface area contributed by atoms with Crippen molar-refractivity contribution in [1.29, 1.82) is 0 Å². The van der Waals surface area contributed by atoms with E-state index in [0.717, 1.165) is 5.52 Å². The first-order chi connectivity index (χ1) is 8.84. The zero-order valence-corrected chi connectivity index (χ0v) is 10.4. The van der Waals surface area contributed by atoms with Crippen LogP contribution in [0.5, 0.6) is 0 Å². The van der Waals surface area contributed by atoms with Crippen molar-refractivity contribution >= 4 is 48.2 Å². The Morgan fingerprint density at radius 1 is 0.778 bits per heavy atom. The van der Waals surface area contributed by atoms with E-state index in [1.807, 2.05) is 6.07 Å². The molecule has 0 aliphatic heterocycles. The third kappa shape index (κ3) is 1.19. The Balaban J connectivity index is 2.45. The van der Waals surface area contributed by atoms with Gasteiger partial charge in [0, 0.05) is 10.8 Å². The van der Waals surface area contributed by atoms with Crippen LogP contribution in [0, 0.1) is 0 Å². The van der Waals surface area contributed by atoms with Gasteiger partial charge in [-0.05, 0) is 10.8 Å². The fourth-order valence-electron chi connectivity index (χ4n) is 2.54. The number of rotatable bonds is 0. The van der Waals surface area contributed by atoms with Gasteiger partial charge in [0.15, 0.2) is 5.13 Å². The minimum absolute atomic E-state index is 0.631. The van der Waals surface area contributed by atoms with Crippen LogP contribution in [0.4, 0.5) is 5.13 Å². The monoisotopic (exact) mass is 250 g/mol. The predicted octanol–water partition coefficient (Wildman–Crippen LogP) is 4.18. The van der Waals surface area contributed by atoms with Crippen LogP contribution in [0.2, 0.25) is 0 Å². The third-order valence-electron chi connectivity index (χ3n) is 3.29. The lowest BCUT2D eigenvalue weighted by Gasteiger charge is -2.04. The highest BCUT2D eigenvalue weighted by Gasteiger charge is 2.11. The van der Waals surface area contributed by atoms with Gasteiger partial charge in [-0.25, -0.2) is 4.98 Å². The van der Waals surface area contributed by atoms with Gasteiger partial charge < -0.3 is 5.73 Å². The minimum Gasteiger partial charge on any atom is -0.375 e. The third-order valence-corrected chi connectivity index (χ3v) is 4.21. The van der Waals surface area contributed by atoms with E-state index < -0.39 is 0 Å². The van der Waals surface area contributed by atoms with Gasteiger partial charge in [0.2, 0.25) is 0 Å². The first kappa shape index (κ1) is 9.85. The normalized spacial score (nSPS) is 11.6. The van der Waals surface area contributed by atoms with Gasteiger partial charge in [-0.1, -0.05) is 59.9 Å². The summed E-state index contributed by atoms with van der Waals surface area (Å²) >= 11 is 1.56. The average Bonchev–Trinajstić information content (AvgIpc) is 2.81. The molecule has 0 unspecified atom stereocenters. The molecule has 2 nitrogen and oxygen atoms in total. The van der Waals surface area contributed by atoms with E-state index in [0.29, 0.717) is 5.13 Å². The SMILES string of the molecule is Nc1nc2c3ccccc3c3ccccc3c2s1. The quantitative estimate of drug-likeness (QED) is 0.475. The molecular formula is C15H10N2S. The summed E-state index contributed by atoms with van der Waals surface area (Å²) in [5.74, 6) is 0. The molecular weight excluding hydrogens is 240 g/mol. The van der Waals surface area contributed by atoms with Crippen LogP contribution in [0.25, 0.3) is 31.8 Å². The van der Waals surface area contributed by atoms with E-state index in [1.165, 1.54) is 26.2 Å². The summed E-state index contributed by atoms with van der Waals surface area (Å²) in [4.78, 5) is 4.49. The van der Waals surface area contributed by atoms with E-state index in [2.05, 4.69) is 47.4 Å². The molecule has 1 heterocycles. The molecule has 0 radical (unpaired) electrons. The van der Waals surface area contributed by atoms with Crippen molar-refractivity contribution in [3.05, 3.63) is 48.5 Å². The van der Waals surface area contributed by atoms with Gasteiger partial charge >= 0.3 is 0 Å². The van der Waals surface area contributed by atoms with Gasteiger partial charge in [0.05, 0.1) is 10.2 Å². The maximum atomic E-state index is 5.88. The number of nitrogen functional groups attached to an aromatic ring is 1. The lowest BCUT2D eigenvalue weighted by molar-refractivity contribution is 1.51. The Kier molecular flexibility index (Phi) is 1.88. The summed E-state index contributed by atoms with van der Waals surface area (Å²) in [7, 11) is 0. The van der Waals surface area contributed by atoms with Crippen LogP contribution in [-0.2, 0) is 0 Å². The molecule has 3 aromatic carbocycles. The standard InChI is InChI=1S/C15H10N2S/c16-15-17-13-11-7-3-1-5-9(11)10-6-2-4-8-12(10)14(13)18-15/h1-8H,(H2,16,17). The fraction of sp³-hybridized carbons (Fsp3) is 0. The summed E-state index contributed by atoms with van der Waals surface area (Å²) in [6.45, 7) is 0. The van der Waals surface area contributed by atoms with Gasteiger partial charge in [-0.15, -0.1) is 0 Å². The zero-order chi connectivity index (χ0) is 12.1. The number of hydrogen-bond donors (Lipinski definition) is 1. The largest absolute Gasteiger partial charge is 0.375 e. The highest BCUT2D eigenvalue weighted by atomic mass is 32.1.